The van der Waals surface area contributed by atoms with Gasteiger partial charge in [-0.1, -0.05) is 90.4 Å². The van der Waals surface area contributed by atoms with Gasteiger partial charge in [-0.05, 0) is 6.42 Å². The van der Waals surface area contributed by atoms with E-state index in [2.05, 4.69) is 6.92 Å². The van der Waals surface area contributed by atoms with Gasteiger partial charge in [-0.3, -0.25) is 4.79 Å². The second-order valence-corrected chi connectivity index (χ2v) is 8.02. The number of carbonyl (C=O) groups excluding carboxylic acids is 1. The molecular formula is C22H42O7. The Balaban J connectivity index is 3.63. The van der Waals surface area contributed by atoms with Crippen molar-refractivity contribution in [1.29, 1.82) is 0 Å². The van der Waals surface area contributed by atoms with Crippen LogP contribution < -0.4 is 0 Å². The maximum absolute atomic E-state index is 11.8. The number of aliphatic carboxylic acids is 1. The molecule has 7 nitrogen and oxygen atoms in total. The summed E-state index contributed by atoms with van der Waals surface area (Å²) in [6.45, 7) is 2.23. The zero-order valence-corrected chi connectivity index (χ0v) is 18.0. The summed E-state index contributed by atoms with van der Waals surface area (Å²) in [6.07, 6.45) is 8.31. The second kappa shape index (κ2) is 17.8. The average molecular weight is 419 g/mol. The van der Waals surface area contributed by atoms with E-state index in [0.29, 0.717) is 6.42 Å². The van der Waals surface area contributed by atoms with Gasteiger partial charge in [0.15, 0.2) is 11.9 Å². The van der Waals surface area contributed by atoms with Gasteiger partial charge in [-0.25, -0.2) is 4.79 Å². The van der Waals surface area contributed by atoms with E-state index >= 15 is 0 Å². The second-order valence-electron chi connectivity index (χ2n) is 8.02. The molecule has 0 rings (SSSR count). The molecule has 0 fully saturated rings. The molecular weight excluding hydrogens is 376 g/mol. The van der Waals surface area contributed by atoms with Crippen molar-refractivity contribution in [2.75, 3.05) is 0 Å². The van der Waals surface area contributed by atoms with Crippen LogP contribution in [-0.2, 0) is 9.59 Å². The first kappa shape index (κ1) is 28.0. The van der Waals surface area contributed by atoms with E-state index in [1.165, 1.54) is 64.2 Å². The van der Waals surface area contributed by atoms with Crippen molar-refractivity contribution >= 4 is 11.8 Å². The molecule has 0 aliphatic rings. The van der Waals surface area contributed by atoms with Crippen molar-refractivity contribution in [3.63, 3.8) is 0 Å². The van der Waals surface area contributed by atoms with Crippen LogP contribution in [-0.4, -0.2) is 61.7 Å². The Morgan fingerprint density at radius 2 is 0.931 bits per heavy atom. The van der Waals surface area contributed by atoms with Crippen LogP contribution in [0.4, 0.5) is 0 Å². The lowest BCUT2D eigenvalue weighted by Crippen LogP contribution is -2.50. The van der Waals surface area contributed by atoms with E-state index < -0.39 is 36.2 Å². The van der Waals surface area contributed by atoms with E-state index in [0.717, 1.165) is 19.3 Å². The van der Waals surface area contributed by atoms with Gasteiger partial charge in [0.1, 0.15) is 18.3 Å². The number of ketones is 1. The number of Topliss-reactive ketones (excluding diaryl/α,β-unsaturated/α-hetero) is 1. The van der Waals surface area contributed by atoms with Crippen LogP contribution in [0, 0.1) is 0 Å². The summed E-state index contributed by atoms with van der Waals surface area (Å²) in [4.78, 5) is 22.4. The van der Waals surface area contributed by atoms with Crippen molar-refractivity contribution in [2.45, 2.75) is 128 Å². The molecule has 5 N–H and O–H groups in total. The molecule has 172 valence electrons. The molecule has 0 spiro atoms. The third-order valence-corrected chi connectivity index (χ3v) is 5.36. The fraction of sp³-hybridized carbons (Fsp3) is 0.909. The topological polar surface area (TPSA) is 135 Å². The van der Waals surface area contributed by atoms with E-state index in [1.807, 2.05) is 0 Å². The van der Waals surface area contributed by atoms with Crippen molar-refractivity contribution in [2.24, 2.45) is 0 Å². The highest BCUT2D eigenvalue weighted by Crippen LogP contribution is 2.14. The first-order chi connectivity index (χ1) is 13.8. The molecule has 0 unspecified atom stereocenters. The number of aliphatic hydroxyl groups is 4. The van der Waals surface area contributed by atoms with E-state index in [9.17, 15) is 30.0 Å². The van der Waals surface area contributed by atoms with E-state index in [4.69, 9.17) is 5.11 Å². The highest BCUT2D eigenvalue weighted by molar-refractivity contribution is 5.83. The predicted octanol–water partition coefficient (Wildman–Crippen LogP) is 2.96. The third kappa shape index (κ3) is 13.8. The Morgan fingerprint density at radius 1 is 0.586 bits per heavy atom. The molecule has 0 heterocycles. The first-order valence-electron chi connectivity index (χ1n) is 11.3. The largest absolute Gasteiger partial charge is 0.479 e. The molecule has 0 aliphatic carbocycles. The summed E-state index contributed by atoms with van der Waals surface area (Å²) in [6, 6.07) is 0. The number of carboxylic acids is 1. The van der Waals surface area contributed by atoms with Crippen molar-refractivity contribution in [3.05, 3.63) is 0 Å². The molecule has 7 heteroatoms. The Labute approximate surface area is 175 Å². The molecule has 0 saturated carbocycles. The number of carbonyl (C=O) groups is 2. The number of aliphatic hydroxyl groups excluding tert-OH is 4. The SMILES string of the molecule is CCCCCCCCCCCCCCCCC(=O)[C@H](O)[C@@H](O)[C@H](O)[C@H](O)C(=O)O. The monoisotopic (exact) mass is 418 g/mol. The maximum Gasteiger partial charge on any atom is 0.335 e. The van der Waals surface area contributed by atoms with Crippen LogP contribution in [0.3, 0.4) is 0 Å². The molecule has 0 aliphatic heterocycles. The van der Waals surface area contributed by atoms with Gasteiger partial charge in [0.25, 0.3) is 0 Å². The van der Waals surface area contributed by atoms with Crippen LogP contribution in [0.15, 0.2) is 0 Å². The third-order valence-electron chi connectivity index (χ3n) is 5.36. The minimum Gasteiger partial charge on any atom is -0.479 e. The number of hydrogen-bond acceptors (Lipinski definition) is 6. The standard InChI is InChI=1S/C22H42O7/c1-2-3-4-5-6-7-8-9-10-11-12-13-14-15-16-17(23)18(24)19(25)20(26)21(27)22(28)29/h18-21,24-27H,2-16H2,1H3,(H,28,29)/t18-,19+,20-,21-/m0/s1. The van der Waals surface area contributed by atoms with Crippen LogP contribution in [0.2, 0.25) is 0 Å². The Kier molecular flexibility index (Phi) is 17.2. The fourth-order valence-electron chi connectivity index (χ4n) is 3.35. The lowest BCUT2D eigenvalue weighted by molar-refractivity contribution is -0.165. The molecule has 0 saturated heterocycles. The molecule has 29 heavy (non-hydrogen) atoms. The molecule has 4 atom stereocenters. The van der Waals surface area contributed by atoms with Crippen molar-refractivity contribution in [3.8, 4) is 0 Å². The number of rotatable bonds is 20. The number of unbranched alkanes of at least 4 members (excludes halogenated alkanes) is 13. The summed E-state index contributed by atoms with van der Waals surface area (Å²) in [5.41, 5.74) is 0. The highest BCUT2D eigenvalue weighted by Gasteiger charge is 2.36. The zero-order valence-electron chi connectivity index (χ0n) is 18.0. The fourth-order valence-corrected chi connectivity index (χ4v) is 3.35. The van der Waals surface area contributed by atoms with Crippen LogP contribution >= 0.6 is 0 Å². The lowest BCUT2D eigenvalue weighted by atomic mass is 9.97. The zero-order chi connectivity index (χ0) is 22.1. The molecule has 0 aromatic carbocycles. The summed E-state index contributed by atoms with van der Waals surface area (Å²) in [5, 5.41) is 46.6. The van der Waals surface area contributed by atoms with E-state index in [1.54, 1.807) is 0 Å². The van der Waals surface area contributed by atoms with E-state index in [-0.39, 0.29) is 6.42 Å². The smallest absolute Gasteiger partial charge is 0.335 e. The average Bonchev–Trinajstić information content (AvgIpc) is 2.71. The molecule has 0 amide bonds. The van der Waals surface area contributed by atoms with Crippen LogP contribution in [0.1, 0.15) is 103 Å². The van der Waals surface area contributed by atoms with Crippen LogP contribution in [0.5, 0.6) is 0 Å². The van der Waals surface area contributed by atoms with Gasteiger partial charge in [0.2, 0.25) is 0 Å². The maximum atomic E-state index is 11.8. The summed E-state index contributed by atoms with van der Waals surface area (Å²) >= 11 is 0. The van der Waals surface area contributed by atoms with Gasteiger partial charge in [0, 0.05) is 6.42 Å². The Bertz CT molecular complexity index is 427. The quantitative estimate of drug-likeness (QED) is 0.192. The van der Waals surface area contributed by atoms with Crippen LogP contribution in [0.25, 0.3) is 0 Å². The Hall–Kier alpha value is -1.02. The van der Waals surface area contributed by atoms with Crippen molar-refractivity contribution < 1.29 is 35.1 Å². The van der Waals surface area contributed by atoms with Gasteiger partial charge >= 0.3 is 5.97 Å². The summed E-state index contributed by atoms with van der Waals surface area (Å²) in [7, 11) is 0. The molecule has 0 aromatic rings. The summed E-state index contributed by atoms with van der Waals surface area (Å²) in [5.74, 6) is -2.39. The lowest BCUT2D eigenvalue weighted by Gasteiger charge is -2.23. The highest BCUT2D eigenvalue weighted by atomic mass is 16.4. The molecule has 0 bridgehead atoms. The van der Waals surface area contributed by atoms with Gasteiger partial charge < -0.3 is 25.5 Å². The van der Waals surface area contributed by atoms with Gasteiger partial charge in [-0.15, -0.1) is 0 Å². The van der Waals surface area contributed by atoms with Crippen molar-refractivity contribution in [1.82, 2.24) is 0 Å². The normalized spacial score (nSPS) is 15.6. The molecule has 0 aromatic heterocycles. The predicted molar refractivity (Wildman–Crippen MR) is 112 cm³/mol. The minimum atomic E-state index is -2.26. The molecule has 0 radical (unpaired) electrons. The van der Waals surface area contributed by atoms with Gasteiger partial charge in [-0.2, -0.15) is 0 Å². The first-order valence-corrected chi connectivity index (χ1v) is 11.3. The van der Waals surface area contributed by atoms with Gasteiger partial charge in [0.05, 0.1) is 0 Å². The Morgan fingerprint density at radius 3 is 1.31 bits per heavy atom. The number of carboxylic acid groups (broad SMARTS) is 1. The summed E-state index contributed by atoms with van der Waals surface area (Å²) < 4.78 is 0. The number of hydrogen-bond donors (Lipinski definition) is 5. The minimum absolute atomic E-state index is 0.0478.